The van der Waals surface area contributed by atoms with Crippen LogP contribution in [0.3, 0.4) is 0 Å². The van der Waals surface area contributed by atoms with E-state index in [2.05, 4.69) is 5.32 Å². The van der Waals surface area contributed by atoms with E-state index in [0.717, 1.165) is 12.1 Å². The Morgan fingerprint density at radius 1 is 0.615 bits per heavy atom. The Morgan fingerprint density at radius 2 is 1.04 bits per heavy atom. The van der Waals surface area contributed by atoms with Crippen LogP contribution in [0.2, 0.25) is 0 Å². The van der Waals surface area contributed by atoms with Crippen LogP contribution < -0.4 is 5.32 Å². The van der Waals surface area contributed by atoms with E-state index in [-0.39, 0.29) is 35.1 Å². The fourth-order valence-electron chi connectivity index (χ4n) is 5.67. The van der Waals surface area contributed by atoms with Gasteiger partial charge in [0.1, 0.15) is 5.75 Å². The fraction of sp³-hybridized carbons (Fsp3) is 0.324. The van der Waals surface area contributed by atoms with E-state index in [4.69, 9.17) is 0 Å². The summed E-state index contributed by atoms with van der Waals surface area (Å²) in [6.07, 6.45) is -22.1. The zero-order valence-electron chi connectivity index (χ0n) is 27.8. The second-order valence-electron chi connectivity index (χ2n) is 12.8. The van der Waals surface area contributed by atoms with Crippen molar-refractivity contribution >= 4 is 11.6 Å². The predicted molar refractivity (Wildman–Crippen MR) is 170 cm³/mol. The number of phenols is 1. The number of amides is 1. The Balaban J connectivity index is 1.93. The second kappa shape index (κ2) is 14.4. The number of para-hydroxylation sites is 1. The van der Waals surface area contributed by atoms with Crippen LogP contribution >= 0.6 is 0 Å². The van der Waals surface area contributed by atoms with Gasteiger partial charge in [0.25, 0.3) is 5.91 Å². The molecule has 0 spiro atoms. The Hall–Kier alpha value is -4.69. The number of anilines is 1. The van der Waals surface area contributed by atoms with E-state index in [9.17, 15) is 62.6 Å². The molecule has 0 unspecified atom stereocenters. The van der Waals surface area contributed by atoms with Crippen LogP contribution in [-0.2, 0) is 37.5 Å². The highest BCUT2D eigenvalue weighted by molar-refractivity contribution is 6.06. The molecule has 0 aromatic heterocycles. The summed E-state index contributed by atoms with van der Waals surface area (Å²) in [7, 11) is 0. The summed E-state index contributed by atoms with van der Waals surface area (Å²) >= 11 is 0. The normalized spacial score (nSPS) is 12.9. The number of alkyl halides is 12. The van der Waals surface area contributed by atoms with Crippen LogP contribution in [0.4, 0.5) is 58.4 Å². The molecule has 0 aliphatic carbocycles. The second-order valence-corrected chi connectivity index (χ2v) is 12.8. The summed E-state index contributed by atoms with van der Waals surface area (Å²) in [5, 5.41) is 14.0. The first-order chi connectivity index (χ1) is 23.8. The van der Waals surface area contributed by atoms with Gasteiger partial charge < -0.3 is 10.4 Å². The van der Waals surface area contributed by atoms with E-state index in [1.807, 2.05) is 27.7 Å². The van der Waals surface area contributed by atoms with E-state index < -0.39 is 88.1 Å². The SMILES string of the molecule is CC(C)c1cccc(C(C)C)c1NC(=O)c1cc(CCc2cc(C(F)(F)F)cc(C(F)(F)F)c2)c(O)c(-c2cc(C(F)(F)F)cc(C(F)(F)F)c2)c1. The van der Waals surface area contributed by atoms with Gasteiger partial charge in [0.2, 0.25) is 0 Å². The van der Waals surface area contributed by atoms with Crippen molar-refractivity contribution in [2.24, 2.45) is 0 Å². The van der Waals surface area contributed by atoms with E-state index in [0.29, 0.717) is 41.1 Å². The van der Waals surface area contributed by atoms with Gasteiger partial charge in [-0.2, -0.15) is 52.7 Å². The zero-order chi connectivity index (χ0) is 39.1. The molecule has 0 bridgehead atoms. The minimum atomic E-state index is -5.28. The molecule has 280 valence electrons. The van der Waals surface area contributed by atoms with Gasteiger partial charge in [0, 0.05) is 16.8 Å². The third kappa shape index (κ3) is 9.20. The van der Waals surface area contributed by atoms with Crippen molar-refractivity contribution in [2.45, 2.75) is 77.1 Å². The summed E-state index contributed by atoms with van der Waals surface area (Å²) in [6, 6.07) is 8.45. The maximum atomic E-state index is 13.8. The van der Waals surface area contributed by atoms with Crippen molar-refractivity contribution in [1.82, 2.24) is 0 Å². The maximum Gasteiger partial charge on any atom is 0.416 e. The van der Waals surface area contributed by atoms with Crippen molar-refractivity contribution in [1.29, 1.82) is 0 Å². The standard InChI is InChI=1S/C37H31F12NO2/c1-18(2)28-6-5-7-29(19(3)4)31(28)50-33(52)23-12-21(9-8-20-10-24(34(38,39)40)16-25(11-20)35(41,42)43)32(51)30(15-23)22-13-26(36(44,45)46)17-27(14-22)37(47,48)49/h5-7,10-19,51H,8-9H2,1-4H3,(H,50,52). The molecule has 0 aliphatic heterocycles. The van der Waals surface area contributed by atoms with Gasteiger partial charge in [0.05, 0.1) is 22.3 Å². The molecule has 0 fully saturated rings. The number of benzene rings is 4. The smallest absolute Gasteiger partial charge is 0.416 e. The lowest BCUT2D eigenvalue weighted by molar-refractivity contribution is -0.144. The lowest BCUT2D eigenvalue weighted by Crippen LogP contribution is -2.17. The summed E-state index contributed by atoms with van der Waals surface area (Å²) in [5.41, 5.74) is -7.63. The lowest BCUT2D eigenvalue weighted by atomic mass is 9.91. The molecular formula is C37H31F12NO2. The third-order valence-electron chi connectivity index (χ3n) is 8.29. The molecular weight excluding hydrogens is 718 g/mol. The van der Waals surface area contributed by atoms with Crippen LogP contribution in [0.25, 0.3) is 11.1 Å². The topological polar surface area (TPSA) is 49.3 Å². The molecule has 0 aliphatic rings. The number of aryl methyl sites for hydroxylation is 2. The quantitative estimate of drug-likeness (QED) is 0.176. The number of aromatic hydroxyl groups is 1. The predicted octanol–water partition coefficient (Wildman–Crippen LogP) is 12.4. The molecule has 0 heterocycles. The first-order valence-corrected chi connectivity index (χ1v) is 15.7. The molecule has 0 saturated carbocycles. The van der Waals surface area contributed by atoms with Crippen LogP contribution in [-0.4, -0.2) is 11.0 Å². The minimum Gasteiger partial charge on any atom is -0.507 e. The molecule has 0 saturated heterocycles. The lowest BCUT2D eigenvalue weighted by Gasteiger charge is -2.21. The molecule has 0 radical (unpaired) electrons. The molecule has 4 aromatic carbocycles. The van der Waals surface area contributed by atoms with Gasteiger partial charge in [-0.15, -0.1) is 0 Å². The molecule has 52 heavy (non-hydrogen) atoms. The minimum absolute atomic E-state index is 0.0870. The number of hydrogen-bond acceptors (Lipinski definition) is 2. The van der Waals surface area contributed by atoms with Gasteiger partial charge in [-0.1, -0.05) is 45.9 Å². The molecule has 15 heteroatoms. The number of carbonyl (C=O) groups excluding carboxylic acids is 1. The van der Waals surface area contributed by atoms with Crippen LogP contribution in [0.15, 0.2) is 66.7 Å². The maximum absolute atomic E-state index is 13.8. The third-order valence-corrected chi connectivity index (χ3v) is 8.29. The van der Waals surface area contributed by atoms with Crippen molar-refractivity contribution in [3.05, 3.63) is 117 Å². The summed E-state index contributed by atoms with van der Waals surface area (Å²) < 4.78 is 164. The number of rotatable bonds is 8. The van der Waals surface area contributed by atoms with Crippen molar-refractivity contribution < 1.29 is 62.6 Å². The molecule has 4 rings (SSSR count). The molecule has 4 aromatic rings. The monoisotopic (exact) mass is 749 g/mol. The Morgan fingerprint density at radius 3 is 1.44 bits per heavy atom. The van der Waals surface area contributed by atoms with Crippen molar-refractivity contribution in [2.75, 3.05) is 5.32 Å². The zero-order valence-corrected chi connectivity index (χ0v) is 27.8. The highest BCUT2D eigenvalue weighted by Gasteiger charge is 2.38. The highest BCUT2D eigenvalue weighted by Crippen LogP contribution is 2.43. The summed E-state index contributed by atoms with van der Waals surface area (Å²) in [5.74, 6) is -2.09. The Labute approximate surface area is 290 Å². The highest BCUT2D eigenvalue weighted by atomic mass is 19.4. The van der Waals surface area contributed by atoms with Crippen LogP contribution in [0, 0.1) is 0 Å². The first-order valence-electron chi connectivity index (χ1n) is 15.7. The Kier molecular flexibility index (Phi) is 11.1. The van der Waals surface area contributed by atoms with Gasteiger partial charge in [-0.25, -0.2) is 0 Å². The molecule has 1 amide bonds. The largest absolute Gasteiger partial charge is 0.507 e. The number of hydrogen-bond donors (Lipinski definition) is 2. The number of phenolic OH excluding ortho intramolecular Hbond substituents is 1. The van der Waals surface area contributed by atoms with Gasteiger partial charge >= 0.3 is 24.7 Å². The van der Waals surface area contributed by atoms with Crippen molar-refractivity contribution in [3.63, 3.8) is 0 Å². The van der Waals surface area contributed by atoms with Crippen LogP contribution in [0.1, 0.15) is 94.4 Å². The van der Waals surface area contributed by atoms with E-state index in [1.54, 1.807) is 18.2 Å². The van der Waals surface area contributed by atoms with E-state index >= 15 is 0 Å². The first kappa shape index (κ1) is 40.1. The average molecular weight is 750 g/mol. The molecule has 0 atom stereocenters. The summed E-state index contributed by atoms with van der Waals surface area (Å²) in [6.45, 7) is 7.37. The van der Waals surface area contributed by atoms with Gasteiger partial charge in [-0.3, -0.25) is 4.79 Å². The fourth-order valence-corrected chi connectivity index (χ4v) is 5.67. The average Bonchev–Trinajstić information content (AvgIpc) is 3.02. The number of carbonyl (C=O) groups is 1. The van der Waals surface area contributed by atoms with Crippen molar-refractivity contribution in [3.8, 4) is 16.9 Å². The summed E-state index contributed by atoms with van der Waals surface area (Å²) in [4.78, 5) is 13.8. The van der Waals surface area contributed by atoms with E-state index in [1.165, 1.54) is 0 Å². The molecule has 3 nitrogen and oxygen atoms in total. The van der Waals surface area contributed by atoms with Gasteiger partial charge in [-0.05, 0) is 101 Å². The van der Waals surface area contributed by atoms with Crippen LogP contribution in [0.5, 0.6) is 5.75 Å². The Bertz CT molecular complexity index is 1860. The number of halogens is 12. The van der Waals surface area contributed by atoms with Gasteiger partial charge in [0.15, 0.2) is 0 Å². The molecule has 2 N–H and O–H groups in total. The number of nitrogens with one attached hydrogen (secondary N) is 1.